The largest absolute Gasteiger partial charge is 0.484 e. The number of rotatable bonds is 7. The molecule has 0 aromatic heterocycles. The lowest BCUT2D eigenvalue weighted by Crippen LogP contribution is -2.47. The SMILES string of the molecule is C[C@H](NCC(=O)NNC(=O)COc1ccc(Cl)cc1)c1cccc(Cl)c1. The van der Waals surface area contributed by atoms with Crippen LogP contribution in [0.25, 0.3) is 0 Å². The maximum absolute atomic E-state index is 11.8. The van der Waals surface area contributed by atoms with Gasteiger partial charge in [-0.3, -0.25) is 20.4 Å². The number of hydrogen-bond donors (Lipinski definition) is 3. The van der Waals surface area contributed by atoms with Crippen molar-refractivity contribution in [2.75, 3.05) is 13.2 Å². The molecule has 6 nitrogen and oxygen atoms in total. The van der Waals surface area contributed by atoms with Gasteiger partial charge in [-0.2, -0.15) is 0 Å². The number of amides is 2. The second-order valence-electron chi connectivity index (χ2n) is 5.50. The molecule has 138 valence electrons. The smallest absolute Gasteiger partial charge is 0.276 e. The Hall–Kier alpha value is -2.28. The highest BCUT2D eigenvalue weighted by Crippen LogP contribution is 2.17. The quantitative estimate of drug-likeness (QED) is 0.629. The van der Waals surface area contributed by atoms with Crippen LogP contribution in [0.1, 0.15) is 18.5 Å². The molecule has 0 aliphatic carbocycles. The average molecular weight is 396 g/mol. The van der Waals surface area contributed by atoms with Crippen LogP contribution in [-0.4, -0.2) is 25.0 Å². The minimum Gasteiger partial charge on any atom is -0.484 e. The summed E-state index contributed by atoms with van der Waals surface area (Å²) in [7, 11) is 0. The molecule has 1 atom stereocenters. The molecule has 0 aliphatic rings. The van der Waals surface area contributed by atoms with E-state index >= 15 is 0 Å². The second-order valence-corrected chi connectivity index (χ2v) is 6.37. The van der Waals surface area contributed by atoms with E-state index in [0.717, 1.165) is 5.56 Å². The molecule has 8 heteroatoms. The van der Waals surface area contributed by atoms with Crippen molar-refractivity contribution >= 4 is 35.0 Å². The molecule has 0 radical (unpaired) electrons. The Morgan fingerprint density at radius 1 is 1.00 bits per heavy atom. The molecule has 0 spiro atoms. The van der Waals surface area contributed by atoms with Gasteiger partial charge in [0.2, 0.25) is 0 Å². The predicted octanol–water partition coefficient (Wildman–Crippen LogP) is 2.87. The molecule has 26 heavy (non-hydrogen) atoms. The highest BCUT2D eigenvalue weighted by atomic mass is 35.5. The highest BCUT2D eigenvalue weighted by Gasteiger charge is 2.09. The van der Waals surface area contributed by atoms with Gasteiger partial charge in [-0.25, -0.2) is 0 Å². The van der Waals surface area contributed by atoms with Gasteiger partial charge in [0.05, 0.1) is 6.54 Å². The number of halogens is 2. The van der Waals surface area contributed by atoms with Crippen LogP contribution in [0.3, 0.4) is 0 Å². The molecule has 2 aromatic rings. The molecule has 0 aliphatic heterocycles. The number of benzene rings is 2. The van der Waals surface area contributed by atoms with E-state index < -0.39 is 5.91 Å². The van der Waals surface area contributed by atoms with Gasteiger partial charge in [-0.1, -0.05) is 35.3 Å². The van der Waals surface area contributed by atoms with Crippen LogP contribution >= 0.6 is 23.2 Å². The van der Waals surface area contributed by atoms with E-state index in [0.29, 0.717) is 15.8 Å². The third kappa shape index (κ3) is 6.92. The Labute approximate surface area is 161 Å². The van der Waals surface area contributed by atoms with E-state index in [2.05, 4.69) is 16.2 Å². The first kappa shape index (κ1) is 20.0. The molecule has 2 aromatic carbocycles. The number of carbonyl (C=O) groups excluding carboxylic acids is 2. The molecule has 0 heterocycles. The number of nitrogens with one attached hydrogen (secondary N) is 3. The van der Waals surface area contributed by atoms with E-state index in [-0.39, 0.29) is 25.1 Å². The van der Waals surface area contributed by atoms with Crippen molar-refractivity contribution < 1.29 is 14.3 Å². The number of ether oxygens (including phenoxy) is 1. The normalized spacial score (nSPS) is 11.5. The van der Waals surface area contributed by atoms with Crippen LogP contribution in [0.5, 0.6) is 5.75 Å². The first-order valence-electron chi connectivity index (χ1n) is 7.89. The van der Waals surface area contributed by atoms with Crippen LogP contribution in [0.15, 0.2) is 48.5 Å². The fourth-order valence-corrected chi connectivity index (χ4v) is 2.36. The van der Waals surface area contributed by atoms with Crippen LogP contribution in [-0.2, 0) is 9.59 Å². The summed E-state index contributed by atoms with van der Waals surface area (Å²) in [6, 6.07) is 13.9. The van der Waals surface area contributed by atoms with E-state index in [1.54, 1.807) is 30.3 Å². The average Bonchev–Trinajstić information content (AvgIpc) is 2.64. The predicted molar refractivity (Wildman–Crippen MR) is 101 cm³/mol. The summed E-state index contributed by atoms with van der Waals surface area (Å²) in [5.41, 5.74) is 5.57. The van der Waals surface area contributed by atoms with Gasteiger partial charge in [0, 0.05) is 16.1 Å². The van der Waals surface area contributed by atoms with Crippen molar-refractivity contribution in [2.45, 2.75) is 13.0 Å². The fraction of sp³-hybridized carbons (Fsp3) is 0.222. The van der Waals surface area contributed by atoms with E-state index in [1.165, 1.54) is 0 Å². The van der Waals surface area contributed by atoms with Gasteiger partial charge in [0.25, 0.3) is 11.8 Å². The molecular weight excluding hydrogens is 377 g/mol. The van der Waals surface area contributed by atoms with Crippen LogP contribution in [0, 0.1) is 0 Å². The van der Waals surface area contributed by atoms with Crippen LogP contribution in [0.2, 0.25) is 10.0 Å². The molecule has 2 rings (SSSR count). The molecule has 0 unspecified atom stereocenters. The van der Waals surface area contributed by atoms with Crippen molar-refractivity contribution in [3.8, 4) is 5.75 Å². The molecule has 2 amide bonds. The molecule has 0 saturated carbocycles. The molecule has 0 fully saturated rings. The standard InChI is InChI=1S/C18H19Cl2N3O3/c1-12(13-3-2-4-15(20)9-13)21-10-17(24)22-23-18(25)11-26-16-7-5-14(19)6-8-16/h2-9,12,21H,10-11H2,1H3,(H,22,24)(H,23,25)/t12-/m0/s1. The molecule has 0 bridgehead atoms. The van der Waals surface area contributed by atoms with Gasteiger partial charge in [0.1, 0.15) is 5.75 Å². The van der Waals surface area contributed by atoms with Gasteiger partial charge in [-0.05, 0) is 48.9 Å². The van der Waals surface area contributed by atoms with E-state index in [4.69, 9.17) is 27.9 Å². The topological polar surface area (TPSA) is 79.5 Å². The Balaban J connectivity index is 1.66. The van der Waals surface area contributed by atoms with Crippen molar-refractivity contribution in [3.63, 3.8) is 0 Å². The first-order valence-corrected chi connectivity index (χ1v) is 8.64. The van der Waals surface area contributed by atoms with Crippen LogP contribution in [0.4, 0.5) is 0 Å². The van der Waals surface area contributed by atoms with Gasteiger partial charge in [-0.15, -0.1) is 0 Å². The lowest BCUT2D eigenvalue weighted by Gasteiger charge is -2.14. The van der Waals surface area contributed by atoms with E-state index in [9.17, 15) is 9.59 Å². The Morgan fingerprint density at radius 3 is 2.38 bits per heavy atom. The molecule has 0 saturated heterocycles. The maximum Gasteiger partial charge on any atom is 0.276 e. The number of carbonyl (C=O) groups is 2. The zero-order valence-electron chi connectivity index (χ0n) is 14.1. The summed E-state index contributed by atoms with van der Waals surface area (Å²) in [6.45, 7) is 1.72. The maximum atomic E-state index is 11.8. The minimum atomic E-state index is -0.476. The fourth-order valence-electron chi connectivity index (χ4n) is 2.04. The van der Waals surface area contributed by atoms with Crippen molar-refractivity contribution in [2.24, 2.45) is 0 Å². The molecular formula is C18H19Cl2N3O3. The summed E-state index contributed by atoms with van der Waals surface area (Å²) in [5, 5.41) is 4.26. The Bertz CT molecular complexity index is 754. The summed E-state index contributed by atoms with van der Waals surface area (Å²) in [5.74, 6) is -0.345. The first-order chi connectivity index (χ1) is 12.4. The molecule has 3 N–H and O–H groups in total. The Kier molecular flexibility index (Phi) is 7.72. The van der Waals surface area contributed by atoms with Gasteiger partial charge >= 0.3 is 0 Å². The van der Waals surface area contributed by atoms with Gasteiger partial charge in [0.15, 0.2) is 6.61 Å². The van der Waals surface area contributed by atoms with Crippen molar-refractivity contribution in [3.05, 3.63) is 64.1 Å². The summed E-state index contributed by atoms with van der Waals surface area (Å²) in [6.07, 6.45) is 0. The zero-order chi connectivity index (χ0) is 18.9. The number of hydrazine groups is 1. The third-order valence-electron chi connectivity index (χ3n) is 3.44. The van der Waals surface area contributed by atoms with Gasteiger partial charge < -0.3 is 10.1 Å². The van der Waals surface area contributed by atoms with Crippen molar-refractivity contribution in [1.29, 1.82) is 0 Å². The lowest BCUT2D eigenvalue weighted by molar-refractivity contribution is -0.129. The number of hydrogen-bond acceptors (Lipinski definition) is 4. The third-order valence-corrected chi connectivity index (χ3v) is 3.93. The minimum absolute atomic E-state index is 0.0337. The monoisotopic (exact) mass is 395 g/mol. The van der Waals surface area contributed by atoms with Crippen LogP contribution < -0.4 is 20.9 Å². The summed E-state index contributed by atoms with van der Waals surface area (Å²) >= 11 is 11.7. The highest BCUT2D eigenvalue weighted by molar-refractivity contribution is 6.30. The second kappa shape index (κ2) is 10.0. The summed E-state index contributed by atoms with van der Waals surface area (Å²) < 4.78 is 5.27. The Morgan fingerprint density at radius 2 is 1.69 bits per heavy atom. The zero-order valence-corrected chi connectivity index (χ0v) is 15.6. The lowest BCUT2D eigenvalue weighted by atomic mass is 10.1. The van der Waals surface area contributed by atoms with E-state index in [1.807, 2.05) is 25.1 Å². The summed E-state index contributed by atoms with van der Waals surface area (Å²) in [4.78, 5) is 23.5. The van der Waals surface area contributed by atoms with Crippen molar-refractivity contribution in [1.82, 2.24) is 16.2 Å².